The van der Waals surface area contributed by atoms with Crippen molar-refractivity contribution in [3.63, 3.8) is 0 Å². The Morgan fingerprint density at radius 1 is 1.03 bits per heavy atom. The molecule has 2 aliphatic carbocycles. The zero-order valence-corrected chi connectivity index (χ0v) is 22.9. The molecular formula is C26H33IO5S. The molecular weight excluding hydrogens is 551 g/mol. The second-order valence-electron chi connectivity index (χ2n) is 10.6. The van der Waals surface area contributed by atoms with Gasteiger partial charge in [0.2, 0.25) is 0 Å². The second kappa shape index (κ2) is 8.64. The van der Waals surface area contributed by atoms with E-state index < -0.39 is 35.8 Å². The molecule has 180 valence electrons. The van der Waals surface area contributed by atoms with E-state index in [2.05, 4.69) is 0 Å². The van der Waals surface area contributed by atoms with Crippen LogP contribution >= 0.6 is 20.2 Å². The van der Waals surface area contributed by atoms with Crippen molar-refractivity contribution >= 4 is 36.1 Å². The van der Waals surface area contributed by atoms with Crippen molar-refractivity contribution in [3.05, 3.63) is 61.7 Å². The summed E-state index contributed by atoms with van der Waals surface area (Å²) in [7, 11) is -3.95. The van der Waals surface area contributed by atoms with E-state index in [-0.39, 0.29) is 28.5 Å². The summed E-state index contributed by atoms with van der Waals surface area (Å²) >= 11 is -2.83. The number of hydrogen-bond donors (Lipinski definition) is 0. The second-order valence-corrected chi connectivity index (χ2v) is 17.2. The maximum atomic E-state index is 13.5. The number of benzene rings is 2. The van der Waals surface area contributed by atoms with Crippen LogP contribution in [0.4, 0.5) is 0 Å². The van der Waals surface area contributed by atoms with E-state index >= 15 is 0 Å². The minimum atomic E-state index is -3.95. The minimum absolute atomic E-state index is 0.0801. The van der Waals surface area contributed by atoms with Gasteiger partial charge < -0.3 is 0 Å². The molecule has 0 amide bonds. The molecule has 2 unspecified atom stereocenters. The van der Waals surface area contributed by atoms with Crippen LogP contribution < -0.4 is 4.74 Å². The molecule has 2 saturated carbocycles. The van der Waals surface area contributed by atoms with Gasteiger partial charge in [-0.3, -0.25) is 0 Å². The van der Waals surface area contributed by atoms with Gasteiger partial charge in [0.1, 0.15) is 0 Å². The summed E-state index contributed by atoms with van der Waals surface area (Å²) in [6, 6.07) is 17.1. The first-order valence-electron chi connectivity index (χ1n) is 11.3. The van der Waals surface area contributed by atoms with E-state index in [9.17, 15) is 13.2 Å². The van der Waals surface area contributed by atoms with Crippen LogP contribution in [0.1, 0.15) is 53.9 Å². The molecule has 0 N–H and O–H groups in total. The van der Waals surface area contributed by atoms with Crippen molar-refractivity contribution in [1.82, 2.24) is 0 Å². The summed E-state index contributed by atoms with van der Waals surface area (Å²) in [6.07, 6.45) is 2.01. The summed E-state index contributed by atoms with van der Waals surface area (Å²) in [5, 5.41) is 0. The first-order chi connectivity index (χ1) is 15.3. The molecule has 0 radical (unpaired) electrons. The molecule has 7 heteroatoms. The van der Waals surface area contributed by atoms with Gasteiger partial charge in [0.15, 0.2) is 0 Å². The zero-order valence-electron chi connectivity index (χ0n) is 19.9. The van der Waals surface area contributed by atoms with Crippen LogP contribution in [0, 0.1) is 23.9 Å². The van der Waals surface area contributed by atoms with Crippen LogP contribution in [0.15, 0.2) is 54.6 Å². The average molecular weight is 585 g/mol. The van der Waals surface area contributed by atoms with Gasteiger partial charge in [-0.2, -0.15) is 0 Å². The molecule has 2 aromatic rings. The molecule has 0 aliphatic heterocycles. The van der Waals surface area contributed by atoms with Crippen molar-refractivity contribution in [2.24, 2.45) is 16.7 Å². The molecule has 0 spiro atoms. The number of Topliss-reactive ketones (excluding diaryl/α,β-unsaturated/α-hetero) is 1. The van der Waals surface area contributed by atoms with Gasteiger partial charge in [0, 0.05) is 0 Å². The van der Waals surface area contributed by atoms with Crippen molar-refractivity contribution in [1.29, 1.82) is 0 Å². The van der Waals surface area contributed by atoms with Crippen LogP contribution in [0.5, 0.6) is 5.75 Å². The van der Waals surface area contributed by atoms with E-state index in [1.807, 2.05) is 89.2 Å². The van der Waals surface area contributed by atoms with Gasteiger partial charge in [-0.05, 0) is 0 Å². The Balaban J connectivity index is 1.67. The molecule has 2 aromatic carbocycles. The van der Waals surface area contributed by atoms with Crippen molar-refractivity contribution in [3.8, 4) is 5.75 Å². The molecule has 0 saturated heterocycles. The quantitative estimate of drug-likeness (QED) is 0.370. The molecule has 5 nitrogen and oxygen atoms in total. The number of carbonyl (C=O) groups is 1. The Bertz CT molecular complexity index is 1140. The van der Waals surface area contributed by atoms with E-state index in [0.717, 1.165) is 13.6 Å². The average Bonchev–Trinajstić information content (AvgIpc) is 3.06. The first kappa shape index (κ1) is 24.7. The Morgan fingerprint density at radius 2 is 1.70 bits per heavy atom. The predicted octanol–water partition coefficient (Wildman–Crippen LogP) is 6.07. The van der Waals surface area contributed by atoms with E-state index in [1.54, 1.807) is 0 Å². The summed E-state index contributed by atoms with van der Waals surface area (Å²) in [4.78, 5) is 12.9. The number of carbonyl (C=O) groups excluding carboxylic acids is 1. The third-order valence-corrected chi connectivity index (χ3v) is 14.6. The summed E-state index contributed by atoms with van der Waals surface area (Å²) in [5.74, 6) is 0.789. The fraction of sp³-hybridized carbons (Fsp3) is 0.500. The fourth-order valence-electron chi connectivity index (χ4n) is 5.25. The molecule has 0 aromatic heterocycles. The molecule has 2 bridgehead atoms. The standard InChI is InChI=1S/C26H33IO5S/c1-24(2,3)31-22-13-9-12-21(17-22)27(20-10-7-6-8-11-20)32-33(29,30)18-26-15-14-19(16-23(26)28)25(26,4)5/h6-13,17,19H,14-16,18H2,1-5H3. The van der Waals surface area contributed by atoms with Crippen LogP contribution in [0.25, 0.3) is 0 Å². The van der Waals surface area contributed by atoms with Crippen LogP contribution in [0.3, 0.4) is 0 Å². The fourth-order valence-corrected chi connectivity index (χ4v) is 13.1. The third kappa shape index (κ3) is 4.86. The van der Waals surface area contributed by atoms with Crippen molar-refractivity contribution in [2.75, 3.05) is 5.75 Å². The Kier molecular flexibility index (Phi) is 6.46. The van der Waals surface area contributed by atoms with Crippen molar-refractivity contribution in [2.45, 2.75) is 59.5 Å². The maximum absolute atomic E-state index is 13.5. The zero-order chi connectivity index (χ0) is 24.1. The third-order valence-electron chi connectivity index (χ3n) is 7.07. The van der Waals surface area contributed by atoms with Gasteiger partial charge in [0.25, 0.3) is 0 Å². The van der Waals surface area contributed by atoms with Gasteiger partial charge in [-0.1, -0.05) is 0 Å². The van der Waals surface area contributed by atoms with Crippen molar-refractivity contribution < 1.29 is 20.5 Å². The Morgan fingerprint density at radius 3 is 2.27 bits per heavy atom. The molecule has 2 atom stereocenters. The number of ketones is 1. The van der Waals surface area contributed by atoms with E-state index in [0.29, 0.717) is 18.6 Å². The summed E-state index contributed by atoms with van der Waals surface area (Å²) in [5.41, 5.74) is -1.54. The molecule has 0 heterocycles. The van der Waals surface area contributed by atoms with Gasteiger partial charge in [-0.15, -0.1) is 0 Å². The normalized spacial score (nSPS) is 24.7. The molecule has 2 aliphatic rings. The SMILES string of the molecule is CC(C)(C)Oc1cccc(I(OS(=O)(=O)CC23CCC(CC2=O)C3(C)C)c2ccccc2)c1. The number of fused-ring (bicyclic) bond motifs is 2. The van der Waals surface area contributed by atoms with Gasteiger partial charge in [-0.25, -0.2) is 0 Å². The van der Waals surface area contributed by atoms with E-state index in [1.165, 1.54) is 0 Å². The van der Waals surface area contributed by atoms with Crippen LogP contribution in [-0.2, 0) is 17.4 Å². The monoisotopic (exact) mass is 584 g/mol. The van der Waals surface area contributed by atoms with Crippen LogP contribution in [-0.4, -0.2) is 25.6 Å². The first-order valence-corrected chi connectivity index (χ1v) is 15.9. The number of halogens is 1. The Hall–Kier alpha value is -1.45. The predicted molar refractivity (Wildman–Crippen MR) is 138 cm³/mol. The molecule has 2 fully saturated rings. The van der Waals surface area contributed by atoms with Gasteiger partial charge in [0.05, 0.1) is 0 Å². The number of rotatable bonds is 7. The Labute approximate surface area is 205 Å². The molecule has 33 heavy (non-hydrogen) atoms. The summed E-state index contributed by atoms with van der Waals surface area (Å²) < 4.78 is 40.8. The van der Waals surface area contributed by atoms with Gasteiger partial charge >= 0.3 is 206 Å². The molecule has 4 rings (SSSR count). The number of hydrogen-bond acceptors (Lipinski definition) is 5. The summed E-state index contributed by atoms with van der Waals surface area (Å²) in [6.45, 7) is 10.0. The van der Waals surface area contributed by atoms with Crippen LogP contribution in [0.2, 0.25) is 0 Å². The number of ether oxygens (including phenoxy) is 1. The topological polar surface area (TPSA) is 69.7 Å². The van der Waals surface area contributed by atoms with E-state index in [4.69, 9.17) is 7.25 Å².